The quantitative estimate of drug-likeness (QED) is 0.835. The summed E-state index contributed by atoms with van der Waals surface area (Å²) in [5, 5.41) is 3.44. The molecule has 2 heterocycles. The summed E-state index contributed by atoms with van der Waals surface area (Å²) in [6.07, 6.45) is 1.71. The van der Waals surface area contributed by atoms with E-state index >= 15 is 0 Å². The number of rotatable bonds is 6. The Morgan fingerprint density at radius 3 is 2.84 bits per heavy atom. The van der Waals surface area contributed by atoms with Crippen LogP contribution in [0.1, 0.15) is 16.7 Å². The molecule has 0 aliphatic rings. The molecular formula is C13H16BrClN2OS. The van der Waals surface area contributed by atoms with E-state index in [2.05, 4.69) is 32.2 Å². The summed E-state index contributed by atoms with van der Waals surface area (Å²) in [5.74, 6) is 0.975. The molecule has 6 heteroatoms. The number of nitrogens with zero attached hydrogens (tertiary/aromatic N) is 1. The Balaban J connectivity index is 1.89. The lowest BCUT2D eigenvalue weighted by molar-refractivity contribution is 0.250. The highest BCUT2D eigenvalue weighted by Gasteiger charge is 2.16. The Bertz CT molecular complexity index is 493. The highest BCUT2D eigenvalue weighted by Crippen LogP contribution is 2.31. The maximum Gasteiger partial charge on any atom is 0.122 e. The zero-order valence-corrected chi connectivity index (χ0v) is 14.0. The van der Waals surface area contributed by atoms with Crippen LogP contribution >= 0.6 is 38.9 Å². The average molecular weight is 364 g/mol. The lowest BCUT2D eigenvalue weighted by Gasteiger charge is -2.22. The Labute approximate surface area is 130 Å². The van der Waals surface area contributed by atoms with E-state index in [4.69, 9.17) is 16.0 Å². The van der Waals surface area contributed by atoms with Gasteiger partial charge in [0.25, 0.3) is 0 Å². The van der Waals surface area contributed by atoms with E-state index in [-0.39, 0.29) is 6.04 Å². The van der Waals surface area contributed by atoms with Gasteiger partial charge in [-0.05, 0) is 48.2 Å². The van der Waals surface area contributed by atoms with E-state index < -0.39 is 0 Å². The lowest BCUT2D eigenvalue weighted by Crippen LogP contribution is -2.30. The standard InChI is InChI=1S/C13H16BrClN2OS/c1-17(2)11(12-4-3-5-18-12)8-16-7-9-6-10(14)13(15)19-9/h3-6,11,16H,7-8H2,1-2H3. The molecule has 0 bridgehead atoms. The SMILES string of the molecule is CN(C)C(CNCc1cc(Br)c(Cl)s1)c1ccco1. The monoisotopic (exact) mass is 362 g/mol. The molecule has 0 spiro atoms. The summed E-state index contributed by atoms with van der Waals surface area (Å²) in [5.41, 5.74) is 0. The minimum absolute atomic E-state index is 0.230. The third-order valence-corrected chi connectivity index (χ3v) is 5.30. The van der Waals surface area contributed by atoms with Crippen LogP contribution in [0, 0.1) is 0 Å². The summed E-state index contributed by atoms with van der Waals surface area (Å²) in [6.45, 7) is 1.63. The Morgan fingerprint density at radius 2 is 2.32 bits per heavy atom. The van der Waals surface area contributed by atoms with Crippen LogP contribution in [0.25, 0.3) is 0 Å². The zero-order chi connectivity index (χ0) is 13.8. The topological polar surface area (TPSA) is 28.4 Å². The molecule has 0 amide bonds. The number of hydrogen-bond acceptors (Lipinski definition) is 4. The second-order valence-electron chi connectivity index (χ2n) is 4.46. The van der Waals surface area contributed by atoms with Crippen LogP contribution in [0.4, 0.5) is 0 Å². The first-order valence-corrected chi connectivity index (χ1v) is 7.91. The molecule has 3 nitrogen and oxygen atoms in total. The van der Waals surface area contributed by atoms with Crippen molar-refractivity contribution in [2.75, 3.05) is 20.6 Å². The smallest absolute Gasteiger partial charge is 0.122 e. The van der Waals surface area contributed by atoms with Crippen LogP contribution in [0.3, 0.4) is 0 Å². The van der Waals surface area contributed by atoms with Crippen molar-refractivity contribution >= 4 is 38.9 Å². The zero-order valence-electron chi connectivity index (χ0n) is 10.8. The highest BCUT2D eigenvalue weighted by molar-refractivity contribution is 9.10. The third-order valence-electron chi connectivity index (χ3n) is 2.83. The summed E-state index contributed by atoms with van der Waals surface area (Å²) >= 11 is 11.0. The van der Waals surface area contributed by atoms with Crippen LogP contribution in [0.2, 0.25) is 4.34 Å². The summed E-state index contributed by atoms with van der Waals surface area (Å²) in [6, 6.07) is 6.21. The van der Waals surface area contributed by atoms with Gasteiger partial charge in [0.15, 0.2) is 0 Å². The van der Waals surface area contributed by atoms with Crippen molar-refractivity contribution < 1.29 is 4.42 Å². The minimum atomic E-state index is 0.230. The highest BCUT2D eigenvalue weighted by atomic mass is 79.9. The van der Waals surface area contributed by atoms with Gasteiger partial charge >= 0.3 is 0 Å². The molecule has 2 aromatic heterocycles. The van der Waals surface area contributed by atoms with Gasteiger partial charge in [-0.2, -0.15) is 0 Å². The normalized spacial score (nSPS) is 13.1. The van der Waals surface area contributed by atoms with Crippen LogP contribution in [-0.4, -0.2) is 25.5 Å². The van der Waals surface area contributed by atoms with Crippen molar-refractivity contribution in [1.82, 2.24) is 10.2 Å². The van der Waals surface area contributed by atoms with Gasteiger partial charge < -0.3 is 9.73 Å². The fourth-order valence-corrected chi connectivity index (χ4v) is 3.59. The summed E-state index contributed by atoms with van der Waals surface area (Å²) in [4.78, 5) is 3.36. The predicted molar refractivity (Wildman–Crippen MR) is 83.9 cm³/mol. The second kappa shape index (κ2) is 6.90. The number of hydrogen-bond donors (Lipinski definition) is 1. The summed E-state index contributed by atoms with van der Waals surface area (Å²) in [7, 11) is 4.10. The Hall–Kier alpha value is -0.330. The van der Waals surface area contributed by atoms with Crippen molar-refractivity contribution in [2.45, 2.75) is 12.6 Å². The van der Waals surface area contributed by atoms with Crippen molar-refractivity contribution in [3.05, 3.63) is 43.9 Å². The second-order valence-corrected chi connectivity index (χ2v) is 7.05. The van der Waals surface area contributed by atoms with Gasteiger partial charge in [-0.15, -0.1) is 11.3 Å². The summed E-state index contributed by atoms with van der Waals surface area (Å²) < 4.78 is 7.24. The van der Waals surface area contributed by atoms with E-state index in [0.29, 0.717) is 0 Å². The number of halogens is 2. The van der Waals surface area contributed by atoms with Gasteiger partial charge in [-0.25, -0.2) is 0 Å². The van der Waals surface area contributed by atoms with E-state index in [1.54, 1.807) is 17.6 Å². The first-order valence-electron chi connectivity index (χ1n) is 5.92. The Morgan fingerprint density at radius 1 is 1.53 bits per heavy atom. The van der Waals surface area contributed by atoms with Crippen molar-refractivity contribution in [3.8, 4) is 0 Å². The largest absolute Gasteiger partial charge is 0.468 e. The molecule has 1 unspecified atom stereocenters. The van der Waals surface area contributed by atoms with Crippen LogP contribution in [-0.2, 0) is 6.54 Å². The van der Waals surface area contributed by atoms with Gasteiger partial charge in [0, 0.05) is 22.4 Å². The van der Waals surface area contributed by atoms with Gasteiger partial charge in [0.2, 0.25) is 0 Å². The van der Waals surface area contributed by atoms with Crippen LogP contribution in [0.5, 0.6) is 0 Å². The first kappa shape index (κ1) is 15.1. The van der Waals surface area contributed by atoms with Crippen molar-refractivity contribution in [3.63, 3.8) is 0 Å². The molecule has 2 aromatic rings. The van der Waals surface area contributed by atoms with E-state index in [1.165, 1.54) is 4.88 Å². The molecule has 0 saturated heterocycles. The molecule has 0 fully saturated rings. The van der Waals surface area contributed by atoms with Gasteiger partial charge in [0.1, 0.15) is 10.1 Å². The number of thiophene rings is 1. The molecule has 0 aromatic carbocycles. The molecule has 1 atom stereocenters. The minimum Gasteiger partial charge on any atom is -0.468 e. The number of likely N-dealkylation sites (N-methyl/N-ethyl adjacent to an activating group) is 1. The van der Waals surface area contributed by atoms with Gasteiger partial charge in [0.05, 0.1) is 12.3 Å². The molecule has 1 N–H and O–H groups in total. The van der Waals surface area contributed by atoms with Crippen LogP contribution in [0.15, 0.2) is 33.4 Å². The van der Waals surface area contributed by atoms with Crippen molar-refractivity contribution in [1.29, 1.82) is 0 Å². The third kappa shape index (κ3) is 4.07. The van der Waals surface area contributed by atoms with E-state index in [1.807, 2.05) is 26.2 Å². The molecule has 0 aliphatic heterocycles. The molecule has 0 aliphatic carbocycles. The van der Waals surface area contributed by atoms with Gasteiger partial charge in [-0.1, -0.05) is 11.6 Å². The molecule has 0 radical (unpaired) electrons. The average Bonchev–Trinajstić information content (AvgIpc) is 2.96. The van der Waals surface area contributed by atoms with Crippen molar-refractivity contribution in [2.24, 2.45) is 0 Å². The van der Waals surface area contributed by atoms with E-state index in [0.717, 1.165) is 27.7 Å². The fraction of sp³-hybridized carbons (Fsp3) is 0.385. The predicted octanol–water partition coefficient (Wildman–Crippen LogP) is 4.15. The van der Waals surface area contributed by atoms with E-state index in [9.17, 15) is 0 Å². The molecule has 0 saturated carbocycles. The lowest BCUT2D eigenvalue weighted by atomic mass is 10.2. The molecular weight excluding hydrogens is 348 g/mol. The van der Waals surface area contributed by atoms with Crippen LogP contribution < -0.4 is 5.32 Å². The Kier molecular flexibility index (Phi) is 5.47. The maximum atomic E-state index is 6.02. The molecule has 104 valence electrons. The first-order chi connectivity index (χ1) is 9.08. The van der Waals surface area contributed by atoms with Gasteiger partial charge in [-0.3, -0.25) is 4.90 Å². The number of furan rings is 1. The molecule has 2 rings (SSSR count). The maximum absolute atomic E-state index is 6.02. The molecule has 19 heavy (non-hydrogen) atoms. The number of nitrogens with one attached hydrogen (secondary N) is 1. The fourth-order valence-electron chi connectivity index (χ4n) is 1.83.